The van der Waals surface area contributed by atoms with Gasteiger partial charge in [0.05, 0.1) is 0 Å². The predicted octanol–water partition coefficient (Wildman–Crippen LogP) is 17.6. The van der Waals surface area contributed by atoms with Crippen LogP contribution in [0, 0.1) is 13.8 Å². The maximum absolute atomic E-state index is 2.39. The van der Waals surface area contributed by atoms with Crippen LogP contribution in [0.4, 0.5) is 0 Å². The van der Waals surface area contributed by atoms with Crippen molar-refractivity contribution in [3.05, 3.63) is 230 Å². The van der Waals surface area contributed by atoms with Crippen molar-refractivity contribution in [1.29, 1.82) is 0 Å². The monoisotopic (exact) mass is 786 g/mol. The summed E-state index contributed by atoms with van der Waals surface area (Å²) < 4.78 is 0. The van der Waals surface area contributed by atoms with Gasteiger partial charge in [-0.2, -0.15) is 0 Å². The van der Waals surface area contributed by atoms with Crippen LogP contribution in [-0.4, -0.2) is 0 Å². The van der Waals surface area contributed by atoms with E-state index in [1.165, 1.54) is 131 Å². The Kier molecular flexibility index (Phi) is 8.40. The second kappa shape index (κ2) is 14.4. The molecule has 0 bridgehead atoms. The van der Waals surface area contributed by atoms with Crippen molar-refractivity contribution in [2.24, 2.45) is 0 Å². The molecule has 0 aromatic heterocycles. The molecule has 0 atom stereocenters. The SMILES string of the molecule is Cc1ccc2c3ccccc3c3ccc(-c4cccc(-c5ccc(-c6ccc(-c7cccc(-c8ccc9c%10ccccc%10c%10ccc(C)cc%10c9c8)c7)cc6)cc5)c4)cc3c2c1. The van der Waals surface area contributed by atoms with Crippen LogP contribution < -0.4 is 0 Å². The molecule has 0 saturated carbocycles. The van der Waals surface area contributed by atoms with Gasteiger partial charge < -0.3 is 0 Å². The largest absolute Gasteiger partial charge is 0.0616 e. The summed E-state index contributed by atoms with van der Waals surface area (Å²) in [6.07, 6.45) is 0. The van der Waals surface area contributed by atoms with Crippen molar-refractivity contribution in [3.63, 3.8) is 0 Å². The summed E-state index contributed by atoms with van der Waals surface area (Å²) in [4.78, 5) is 0. The Morgan fingerprint density at radius 3 is 0.758 bits per heavy atom. The van der Waals surface area contributed by atoms with E-state index in [4.69, 9.17) is 0 Å². The zero-order valence-electron chi connectivity index (χ0n) is 34.8. The Morgan fingerprint density at radius 1 is 0.161 bits per heavy atom. The Morgan fingerprint density at radius 2 is 0.403 bits per heavy atom. The molecule has 0 saturated heterocycles. The highest BCUT2D eigenvalue weighted by Gasteiger charge is 2.13. The van der Waals surface area contributed by atoms with Crippen LogP contribution in [0.2, 0.25) is 0 Å². The maximum atomic E-state index is 2.39. The van der Waals surface area contributed by atoms with E-state index < -0.39 is 0 Å². The first kappa shape index (κ1) is 36.1. The molecule has 0 N–H and O–H groups in total. The van der Waals surface area contributed by atoms with E-state index in [0.29, 0.717) is 0 Å². The molecule has 0 spiro atoms. The van der Waals surface area contributed by atoms with Gasteiger partial charge in [0, 0.05) is 0 Å². The third-order valence-corrected chi connectivity index (χ3v) is 13.1. The van der Waals surface area contributed by atoms with Gasteiger partial charge in [-0.25, -0.2) is 0 Å². The third-order valence-electron chi connectivity index (χ3n) is 13.1. The fourth-order valence-corrected chi connectivity index (χ4v) is 9.97. The van der Waals surface area contributed by atoms with Gasteiger partial charge in [0.1, 0.15) is 0 Å². The van der Waals surface area contributed by atoms with Gasteiger partial charge in [-0.05, 0) is 158 Å². The molecule has 0 unspecified atom stereocenters. The van der Waals surface area contributed by atoms with E-state index in [9.17, 15) is 0 Å². The quantitative estimate of drug-likeness (QED) is 0.152. The highest BCUT2D eigenvalue weighted by Crippen LogP contribution is 2.40. The first-order chi connectivity index (χ1) is 30.5. The average Bonchev–Trinajstić information content (AvgIpc) is 3.34. The Balaban J connectivity index is 0.824. The zero-order valence-corrected chi connectivity index (χ0v) is 34.8. The van der Waals surface area contributed by atoms with E-state index in [1.54, 1.807) is 0 Å². The molecular formula is C62H42. The van der Waals surface area contributed by atoms with Crippen molar-refractivity contribution in [2.75, 3.05) is 0 Å². The molecule has 12 aromatic carbocycles. The van der Waals surface area contributed by atoms with E-state index >= 15 is 0 Å². The average molecular weight is 787 g/mol. The van der Waals surface area contributed by atoms with Crippen molar-refractivity contribution in [1.82, 2.24) is 0 Å². The Bertz CT molecular complexity index is 3490. The molecule has 12 rings (SSSR count). The molecule has 62 heavy (non-hydrogen) atoms. The first-order valence-electron chi connectivity index (χ1n) is 21.6. The third kappa shape index (κ3) is 6.07. The lowest BCUT2D eigenvalue weighted by molar-refractivity contribution is 1.51. The van der Waals surface area contributed by atoms with Crippen LogP contribution in [0.1, 0.15) is 11.1 Å². The fourth-order valence-electron chi connectivity index (χ4n) is 9.97. The van der Waals surface area contributed by atoms with Crippen LogP contribution >= 0.6 is 0 Å². The van der Waals surface area contributed by atoms with Gasteiger partial charge in [-0.3, -0.25) is 0 Å². The van der Waals surface area contributed by atoms with E-state index in [0.717, 1.165) is 0 Å². The first-order valence-corrected chi connectivity index (χ1v) is 21.6. The van der Waals surface area contributed by atoms with Crippen molar-refractivity contribution < 1.29 is 0 Å². The Hall–Kier alpha value is -7.80. The summed E-state index contributed by atoms with van der Waals surface area (Å²) in [7, 11) is 0. The number of aryl methyl sites for hydroxylation is 2. The molecule has 0 heterocycles. The van der Waals surface area contributed by atoms with E-state index in [2.05, 4.69) is 232 Å². The van der Waals surface area contributed by atoms with Gasteiger partial charge in [-0.1, -0.05) is 205 Å². The van der Waals surface area contributed by atoms with Crippen LogP contribution in [0.25, 0.3) is 120 Å². The van der Waals surface area contributed by atoms with Gasteiger partial charge in [0.15, 0.2) is 0 Å². The summed E-state index contributed by atoms with van der Waals surface area (Å²) in [6.45, 7) is 4.37. The van der Waals surface area contributed by atoms with Crippen molar-refractivity contribution in [3.8, 4) is 55.6 Å². The minimum atomic E-state index is 1.21. The van der Waals surface area contributed by atoms with Crippen LogP contribution in [0.15, 0.2) is 218 Å². The van der Waals surface area contributed by atoms with Gasteiger partial charge in [0.2, 0.25) is 0 Å². The zero-order chi connectivity index (χ0) is 41.3. The molecular weight excluding hydrogens is 745 g/mol. The highest BCUT2D eigenvalue weighted by atomic mass is 14.2. The van der Waals surface area contributed by atoms with Crippen LogP contribution in [0.5, 0.6) is 0 Å². The molecule has 0 fully saturated rings. The number of hydrogen-bond donors (Lipinski definition) is 0. The smallest absolute Gasteiger partial charge is 0.00927 e. The molecule has 0 aliphatic heterocycles. The highest BCUT2D eigenvalue weighted by molar-refractivity contribution is 6.27. The standard InChI is InChI=1S/C62H42/c1-39-17-29-55-51-13-3-5-15-53(51)57-31-27-49(37-61(57)59(55)33-39)47-11-7-9-45(35-47)43-23-19-41(20-24-43)42-21-25-44(26-22-42)46-10-8-12-48(36-46)50-28-32-58-54-16-6-4-14-52(54)56-30-18-40(2)34-60(56)62(58)38-50/h3-38H,1-2H3. The summed E-state index contributed by atoms with van der Waals surface area (Å²) in [5.41, 5.74) is 14.7. The fraction of sp³-hybridized carbons (Fsp3) is 0.0323. The molecule has 0 aliphatic carbocycles. The lowest BCUT2D eigenvalue weighted by Gasteiger charge is -2.13. The predicted molar refractivity (Wildman–Crippen MR) is 268 cm³/mol. The van der Waals surface area contributed by atoms with Gasteiger partial charge in [0.25, 0.3) is 0 Å². The van der Waals surface area contributed by atoms with Crippen molar-refractivity contribution >= 4 is 64.6 Å². The van der Waals surface area contributed by atoms with Gasteiger partial charge in [-0.15, -0.1) is 0 Å². The number of benzene rings is 12. The molecule has 0 radical (unpaired) electrons. The number of hydrogen-bond acceptors (Lipinski definition) is 0. The second-order valence-electron chi connectivity index (χ2n) is 17.0. The molecule has 290 valence electrons. The van der Waals surface area contributed by atoms with Crippen LogP contribution in [-0.2, 0) is 0 Å². The van der Waals surface area contributed by atoms with E-state index in [-0.39, 0.29) is 0 Å². The lowest BCUT2D eigenvalue weighted by atomic mass is 9.90. The Labute approximate surface area is 362 Å². The second-order valence-corrected chi connectivity index (χ2v) is 17.0. The number of fused-ring (bicyclic) bond motifs is 12. The minimum absolute atomic E-state index is 1.21. The molecule has 0 nitrogen and oxygen atoms in total. The summed E-state index contributed by atoms with van der Waals surface area (Å²) in [5, 5.41) is 15.7. The van der Waals surface area contributed by atoms with Crippen molar-refractivity contribution in [2.45, 2.75) is 13.8 Å². The summed E-state index contributed by atoms with van der Waals surface area (Å²) in [6, 6.07) is 81.2. The molecule has 0 amide bonds. The molecule has 0 heteroatoms. The molecule has 12 aromatic rings. The minimum Gasteiger partial charge on any atom is -0.0616 e. The number of rotatable bonds is 5. The summed E-state index contributed by atoms with van der Waals surface area (Å²) in [5.74, 6) is 0. The topological polar surface area (TPSA) is 0 Å². The van der Waals surface area contributed by atoms with Crippen LogP contribution in [0.3, 0.4) is 0 Å². The summed E-state index contributed by atoms with van der Waals surface area (Å²) >= 11 is 0. The lowest BCUT2D eigenvalue weighted by Crippen LogP contribution is -1.87. The van der Waals surface area contributed by atoms with Gasteiger partial charge >= 0.3 is 0 Å². The normalized spacial score (nSPS) is 11.7. The van der Waals surface area contributed by atoms with E-state index in [1.807, 2.05) is 0 Å². The maximum Gasteiger partial charge on any atom is -0.00927 e. The molecule has 0 aliphatic rings.